The second-order valence-corrected chi connectivity index (χ2v) is 4.65. The Labute approximate surface area is 96.3 Å². The number of hydrogen-bond donors (Lipinski definition) is 0. The van der Waals surface area contributed by atoms with Gasteiger partial charge in [0.15, 0.2) is 6.29 Å². The molecule has 0 amide bonds. The van der Waals surface area contributed by atoms with Crippen LogP contribution in [0.15, 0.2) is 12.7 Å². The highest BCUT2D eigenvalue weighted by atomic mass is 32.2. The molecule has 0 saturated carbocycles. The Kier molecular flexibility index (Phi) is 8.40. The Balaban J connectivity index is 3.74. The zero-order chi connectivity index (χ0) is 12.4. The van der Waals surface area contributed by atoms with E-state index in [-0.39, 0.29) is 19.0 Å². The van der Waals surface area contributed by atoms with Crippen molar-refractivity contribution in [3.8, 4) is 0 Å². The van der Waals surface area contributed by atoms with E-state index in [0.717, 1.165) is 7.11 Å². The Hall–Kier alpha value is -0.470. The number of methoxy groups -OCH3 is 1. The first-order chi connectivity index (χ1) is 7.55. The largest absolute Gasteiger partial charge is 0.372 e. The molecular formula is C9H18O6S. The van der Waals surface area contributed by atoms with Crippen LogP contribution in [0, 0.1) is 0 Å². The number of rotatable bonds is 10. The van der Waals surface area contributed by atoms with Crippen molar-refractivity contribution < 1.29 is 26.8 Å². The number of ether oxygens (including phenoxy) is 3. The smallest absolute Gasteiger partial charge is 0.269 e. The molecular weight excluding hydrogens is 236 g/mol. The molecule has 6 nitrogen and oxygen atoms in total. The van der Waals surface area contributed by atoms with E-state index in [1.54, 1.807) is 6.08 Å². The van der Waals surface area contributed by atoms with E-state index in [0.29, 0.717) is 6.61 Å². The predicted molar refractivity (Wildman–Crippen MR) is 58.6 cm³/mol. The van der Waals surface area contributed by atoms with Crippen molar-refractivity contribution in [2.75, 3.05) is 39.8 Å². The van der Waals surface area contributed by atoms with Crippen LogP contribution in [0.2, 0.25) is 0 Å². The molecule has 16 heavy (non-hydrogen) atoms. The molecule has 0 aliphatic rings. The molecule has 0 aromatic rings. The van der Waals surface area contributed by atoms with Gasteiger partial charge in [0.2, 0.25) is 0 Å². The van der Waals surface area contributed by atoms with Crippen molar-refractivity contribution in [1.82, 2.24) is 0 Å². The van der Waals surface area contributed by atoms with Crippen molar-refractivity contribution in [2.45, 2.75) is 6.29 Å². The highest BCUT2D eigenvalue weighted by Crippen LogP contribution is 1.97. The second-order valence-electron chi connectivity index (χ2n) is 2.79. The summed E-state index contributed by atoms with van der Waals surface area (Å²) in [6.07, 6.45) is 1.01. The molecule has 1 unspecified atom stereocenters. The van der Waals surface area contributed by atoms with Crippen LogP contribution in [0.1, 0.15) is 0 Å². The summed E-state index contributed by atoms with van der Waals surface area (Å²) in [5.41, 5.74) is 0. The van der Waals surface area contributed by atoms with E-state index in [2.05, 4.69) is 10.8 Å². The van der Waals surface area contributed by atoms with Crippen molar-refractivity contribution in [3.05, 3.63) is 12.7 Å². The topological polar surface area (TPSA) is 71.1 Å². The van der Waals surface area contributed by atoms with Gasteiger partial charge in [-0.05, 0) is 0 Å². The summed E-state index contributed by atoms with van der Waals surface area (Å²) in [4.78, 5) is 0. The van der Waals surface area contributed by atoms with Gasteiger partial charge in [-0.1, -0.05) is 6.08 Å². The third kappa shape index (κ3) is 7.77. The van der Waals surface area contributed by atoms with Crippen LogP contribution in [0.3, 0.4) is 0 Å². The van der Waals surface area contributed by atoms with Crippen molar-refractivity contribution >= 4 is 10.1 Å². The lowest BCUT2D eigenvalue weighted by Gasteiger charge is -2.15. The van der Waals surface area contributed by atoms with Gasteiger partial charge < -0.3 is 14.2 Å². The van der Waals surface area contributed by atoms with Gasteiger partial charge in [-0.3, -0.25) is 4.18 Å². The Morgan fingerprint density at radius 1 is 1.38 bits per heavy atom. The average molecular weight is 254 g/mol. The van der Waals surface area contributed by atoms with Gasteiger partial charge in [0.25, 0.3) is 10.1 Å². The van der Waals surface area contributed by atoms with Crippen LogP contribution < -0.4 is 0 Å². The lowest BCUT2D eigenvalue weighted by Crippen LogP contribution is -2.25. The summed E-state index contributed by atoms with van der Waals surface area (Å²) in [6, 6.07) is 0. The molecule has 0 fully saturated rings. The third-order valence-electron chi connectivity index (χ3n) is 1.64. The highest BCUT2D eigenvalue weighted by molar-refractivity contribution is 7.86. The van der Waals surface area contributed by atoms with Crippen molar-refractivity contribution in [2.24, 2.45) is 0 Å². The van der Waals surface area contributed by atoms with Gasteiger partial charge in [0.1, 0.15) is 0 Å². The van der Waals surface area contributed by atoms with E-state index in [1.165, 1.54) is 7.11 Å². The molecule has 1 atom stereocenters. The summed E-state index contributed by atoms with van der Waals surface area (Å²) in [6.45, 7) is 4.08. The highest BCUT2D eigenvalue weighted by Gasteiger charge is 2.12. The Bertz CT molecular complexity index is 274. The Morgan fingerprint density at radius 3 is 2.56 bits per heavy atom. The maximum Gasteiger partial charge on any atom is 0.269 e. The maximum absolute atomic E-state index is 10.9. The molecule has 0 rings (SSSR count). The van der Waals surface area contributed by atoms with E-state index in [9.17, 15) is 8.42 Å². The van der Waals surface area contributed by atoms with Crippen LogP contribution in [-0.4, -0.2) is 54.5 Å². The minimum Gasteiger partial charge on any atom is -0.372 e. The molecule has 0 aliphatic carbocycles. The average Bonchev–Trinajstić information content (AvgIpc) is 2.27. The monoisotopic (exact) mass is 254 g/mol. The normalized spacial score (nSPS) is 13.6. The Morgan fingerprint density at radius 2 is 2.06 bits per heavy atom. The van der Waals surface area contributed by atoms with Crippen molar-refractivity contribution in [1.29, 1.82) is 0 Å². The van der Waals surface area contributed by atoms with Gasteiger partial charge in [-0.25, -0.2) is 0 Å². The molecule has 0 spiro atoms. The van der Waals surface area contributed by atoms with Crippen LogP contribution in [0.5, 0.6) is 0 Å². The summed E-state index contributed by atoms with van der Waals surface area (Å²) in [5, 5.41) is 0. The predicted octanol–water partition coefficient (Wildman–Crippen LogP) is 0.154. The molecule has 0 aliphatic heterocycles. The van der Waals surface area contributed by atoms with Gasteiger partial charge in [-0.2, -0.15) is 8.42 Å². The van der Waals surface area contributed by atoms with E-state index in [1.807, 2.05) is 0 Å². The van der Waals surface area contributed by atoms with E-state index >= 15 is 0 Å². The molecule has 0 saturated heterocycles. The summed E-state index contributed by atoms with van der Waals surface area (Å²) in [7, 11) is -0.927. The summed E-state index contributed by atoms with van der Waals surface area (Å²) < 4.78 is 41.3. The fourth-order valence-electron chi connectivity index (χ4n) is 0.797. The maximum atomic E-state index is 10.9. The second kappa shape index (κ2) is 8.66. The minimum absolute atomic E-state index is 0.00781. The molecule has 0 bridgehead atoms. The molecule has 96 valence electrons. The molecule has 0 heterocycles. The minimum atomic E-state index is -3.49. The van der Waals surface area contributed by atoms with Crippen LogP contribution >= 0.6 is 0 Å². The fourth-order valence-corrected chi connectivity index (χ4v) is 1.26. The zero-order valence-corrected chi connectivity index (χ0v) is 10.4. The van der Waals surface area contributed by atoms with Crippen molar-refractivity contribution in [3.63, 3.8) is 0 Å². The van der Waals surface area contributed by atoms with Gasteiger partial charge >= 0.3 is 0 Å². The first kappa shape index (κ1) is 15.5. The molecule has 0 aromatic heterocycles. The van der Waals surface area contributed by atoms with Crippen LogP contribution in [0.4, 0.5) is 0 Å². The fraction of sp³-hybridized carbons (Fsp3) is 0.778. The lowest BCUT2D eigenvalue weighted by atomic mass is 10.6. The molecule has 0 N–H and O–H groups in total. The summed E-state index contributed by atoms with van der Waals surface area (Å²) >= 11 is 0. The first-order valence-electron chi connectivity index (χ1n) is 4.67. The van der Waals surface area contributed by atoms with Gasteiger partial charge in [0.05, 0.1) is 32.7 Å². The van der Waals surface area contributed by atoms with Gasteiger partial charge in [-0.15, -0.1) is 6.58 Å². The quantitative estimate of drug-likeness (QED) is 0.239. The zero-order valence-electron chi connectivity index (χ0n) is 9.55. The summed E-state index contributed by atoms with van der Waals surface area (Å²) in [5.74, 6) is -0.217. The molecule has 7 heteroatoms. The van der Waals surface area contributed by atoms with Crippen LogP contribution in [0.25, 0.3) is 0 Å². The van der Waals surface area contributed by atoms with Crippen LogP contribution in [-0.2, 0) is 28.5 Å². The SMILES string of the molecule is C=CCOCC(OC)OCCS(=O)(=O)OC. The molecule has 0 aromatic carbocycles. The third-order valence-corrected chi connectivity index (χ3v) is 2.82. The lowest BCUT2D eigenvalue weighted by molar-refractivity contribution is -0.151. The van der Waals surface area contributed by atoms with E-state index < -0.39 is 16.4 Å². The van der Waals surface area contributed by atoms with Gasteiger partial charge in [0, 0.05) is 7.11 Å². The molecule has 0 radical (unpaired) electrons. The number of hydrogen-bond acceptors (Lipinski definition) is 6. The standard InChI is InChI=1S/C9H18O6S/c1-4-5-14-8-9(12-2)15-6-7-16(10,11)13-3/h4,9H,1,5-8H2,2-3H3. The first-order valence-corrected chi connectivity index (χ1v) is 6.24. The van der Waals surface area contributed by atoms with E-state index in [4.69, 9.17) is 14.2 Å².